The zero-order valence-corrected chi connectivity index (χ0v) is 16.4. The fourth-order valence-corrected chi connectivity index (χ4v) is 3.99. The Morgan fingerprint density at radius 1 is 0.966 bits per heavy atom. The number of benzene rings is 2. The van der Waals surface area contributed by atoms with Gasteiger partial charge < -0.3 is 4.90 Å². The summed E-state index contributed by atoms with van der Waals surface area (Å²) >= 11 is 0. The number of rotatable bonds is 4. The van der Waals surface area contributed by atoms with Gasteiger partial charge in [0.2, 0.25) is 5.91 Å². The van der Waals surface area contributed by atoms with E-state index in [1.54, 1.807) is 18.0 Å². The predicted molar refractivity (Wildman–Crippen MR) is 111 cm³/mol. The number of hydrogen-bond donors (Lipinski definition) is 0. The van der Waals surface area contributed by atoms with Crippen molar-refractivity contribution in [3.05, 3.63) is 76.2 Å². The molecule has 1 fully saturated rings. The third kappa shape index (κ3) is 3.83. The van der Waals surface area contributed by atoms with Crippen LogP contribution in [-0.2, 0) is 18.3 Å². The molecule has 1 saturated heterocycles. The molecule has 0 aliphatic carbocycles. The first-order valence-electron chi connectivity index (χ1n) is 9.86. The minimum Gasteiger partial charge on any atom is -0.342 e. The first-order valence-corrected chi connectivity index (χ1v) is 9.86. The van der Waals surface area contributed by atoms with Crippen molar-refractivity contribution in [2.45, 2.75) is 19.3 Å². The quantitative estimate of drug-likeness (QED) is 0.643. The molecular weight excluding hydrogens is 366 g/mol. The molecule has 4 rings (SSSR count). The Morgan fingerprint density at radius 2 is 1.59 bits per heavy atom. The molecule has 0 unspecified atom stereocenters. The second kappa shape index (κ2) is 7.99. The molecule has 148 valence electrons. The van der Waals surface area contributed by atoms with E-state index in [0.29, 0.717) is 37.0 Å². The molecule has 0 atom stereocenters. The summed E-state index contributed by atoms with van der Waals surface area (Å²) in [6.07, 6.45) is 1.48. The number of carbonyl (C=O) groups excluding carboxylic acids is 2. The predicted octanol–water partition coefficient (Wildman–Crippen LogP) is 2.60. The van der Waals surface area contributed by atoms with Crippen LogP contribution in [0.25, 0.3) is 10.8 Å². The van der Waals surface area contributed by atoms with Crippen LogP contribution in [-0.4, -0.2) is 39.5 Å². The number of carbonyl (C=O) groups is 2. The average molecular weight is 389 g/mol. The van der Waals surface area contributed by atoms with Gasteiger partial charge in [0, 0.05) is 37.0 Å². The number of Topliss-reactive ketones (excluding diaryl/α,β-unsaturated/α-hetero) is 1. The van der Waals surface area contributed by atoms with Gasteiger partial charge in [-0.15, -0.1) is 0 Å². The van der Waals surface area contributed by atoms with E-state index >= 15 is 0 Å². The summed E-state index contributed by atoms with van der Waals surface area (Å²) in [6, 6.07) is 16.6. The summed E-state index contributed by atoms with van der Waals surface area (Å²) < 4.78 is 1.29. The van der Waals surface area contributed by atoms with Crippen LogP contribution in [0.15, 0.2) is 59.4 Å². The summed E-state index contributed by atoms with van der Waals surface area (Å²) in [5.41, 5.74) is 1.17. The fraction of sp³-hybridized carbons (Fsp3) is 0.304. The molecule has 1 aromatic heterocycles. The highest BCUT2D eigenvalue weighted by atomic mass is 16.2. The van der Waals surface area contributed by atoms with E-state index in [0.717, 1.165) is 10.9 Å². The Kier molecular flexibility index (Phi) is 5.25. The lowest BCUT2D eigenvalue weighted by atomic mass is 9.89. The Morgan fingerprint density at radius 3 is 2.28 bits per heavy atom. The summed E-state index contributed by atoms with van der Waals surface area (Å²) in [6.45, 7) is 1.12. The van der Waals surface area contributed by atoms with Crippen molar-refractivity contribution in [2.24, 2.45) is 13.0 Å². The standard InChI is InChI=1S/C23H23N3O3/c1-25-23(29)19-10-6-5-9-18(19)20(24-25)15-21(27)26-13-11-17(12-14-26)22(28)16-7-3-2-4-8-16/h2-10,17H,11-15H2,1H3. The van der Waals surface area contributed by atoms with Crippen molar-refractivity contribution in [1.82, 2.24) is 14.7 Å². The number of nitrogens with zero attached hydrogens (tertiary/aromatic N) is 3. The number of aryl methyl sites for hydroxylation is 1. The van der Waals surface area contributed by atoms with E-state index < -0.39 is 0 Å². The molecule has 0 N–H and O–H groups in total. The van der Waals surface area contributed by atoms with Crippen LogP contribution in [0.5, 0.6) is 0 Å². The number of likely N-dealkylation sites (tertiary alicyclic amines) is 1. The minimum atomic E-state index is -0.169. The van der Waals surface area contributed by atoms with E-state index in [1.807, 2.05) is 48.5 Å². The van der Waals surface area contributed by atoms with Gasteiger partial charge >= 0.3 is 0 Å². The lowest BCUT2D eigenvalue weighted by Gasteiger charge is -2.31. The molecule has 2 heterocycles. The molecule has 3 aromatic rings. The van der Waals surface area contributed by atoms with Crippen molar-refractivity contribution < 1.29 is 9.59 Å². The summed E-state index contributed by atoms with van der Waals surface area (Å²) in [5.74, 6) is 0.0910. The van der Waals surface area contributed by atoms with Gasteiger partial charge in [0.05, 0.1) is 17.5 Å². The molecule has 0 radical (unpaired) electrons. The number of piperidine rings is 1. The summed E-state index contributed by atoms with van der Waals surface area (Å²) in [4.78, 5) is 39.6. The van der Waals surface area contributed by atoms with Gasteiger partial charge in [-0.1, -0.05) is 48.5 Å². The van der Waals surface area contributed by atoms with Crippen molar-refractivity contribution >= 4 is 22.5 Å². The highest BCUT2D eigenvalue weighted by Crippen LogP contribution is 2.23. The van der Waals surface area contributed by atoms with Gasteiger partial charge in [0.25, 0.3) is 5.56 Å². The topological polar surface area (TPSA) is 72.3 Å². The SMILES string of the molecule is Cn1nc(CC(=O)N2CCC(C(=O)c3ccccc3)CC2)c2ccccc2c1=O. The largest absolute Gasteiger partial charge is 0.342 e. The second-order valence-corrected chi connectivity index (χ2v) is 7.48. The van der Waals surface area contributed by atoms with Gasteiger partial charge in [-0.25, -0.2) is 4.68 Å². The third-order valence-electron chi connectivity index (χ3n) is 5.63. The Hall–Kier alpha value is -3.28. The second-order valence-electron chi connectivity index (χ2n) is 7.48. The molecule has 1 amide bonds. The monoisotopic (exact) mass is 389 g/mol. The molecule has 6 heteroatoms. The smallest absolute Gasteiger partial charge is 0.274 e. The highest BCUT2D eigenvalue weighted by Gasteiger charge is 2.28. The van der Waals surface area contributed by atoms with E-state index in [9.17, 15) is 14.4 Å². The first-order chi connectivity index (χ1) is 14.0. The fourth-order valence-electron chi connectivity index (χ4n) is 3.99. The molecule has 6 nitrogen and oxygen atoms in total. The van der Waals surface area contributed by atoms with Gasteiger partial charge in [-0.05, 0) is 18.9 Å². The molecule has 0 saturated carbocycles. The van der Waals surface area contributed by atoms with Crippen LogP contribution in [0.1, 0.15) is 28.9 Å². The first kappa shape index (κ1) is 19.1. The van der Waals surface area contributed by atoms with Crippen LogP contribution >= 0.6 is 0 Å². The van der Waals surface area contributed by atoms with Crippen LogP contribution in [0.3, 0.4) is 0 Å². The number of amides is 1. The lowest BCUT2D eigenvalue weighted by molar-refractivity contribution is -0.131. The maximum atomic E-state index is 12.9. The zero-order valence-electron chi connectivity index (χ0n) is 16.4. The van der Waals surface area contributed by atoms with Gasteiger partial charge in [0.1, 0.15) is 0 Å². The summed E-state index contributed by atoms with van der Waals surface area (Å²) in [7, 11) is 1.60. The maximum absolute atomic E-state index is 12.9. The maximum Gasteiger partial charge on any atom is 0.274 e. The molecule has 29 heavy (non-hydrogen) atoms. The van der Waals surface area contributed by atoms with E-state index in [-0.39, 0.29) is 29.6 Å². The Labute approximate surface area is 168 Å². The van der Waals surface area contributed by atoms with E-state index in [4.69, 9.17) is 0 Å². The van der Waals surface area contributed by atoms with Crippen molar-refractivity contribution in [3.8, 4) is 0 Å². The van der Waals surface area contributed by atoms with Crippen molar-refractivity contribution in [2.75, 3.05) is 13.1 Å². The number of hydrogen-bond acceptors (Lipinski definition) is 4. The Balaban J connectivity index is 1.45. The number of ketones is 1. The number of aromatic nitrogens is 2. The third-order valence-corrected chi connectivity index (χ3v) is 5.63. The molecule has 1 aliphatic heterocycles. The highest BCUT2D eigenvalue weighted by molar-refractivity contribution is 5.98. The van der Waals surface area contributed by atoms with E-state index in [2.05, 4.69) is 5.10 Å². The average Bonchev–Trinajstić information content (AvgIpc) is 2.77. The van der Waals surface area contributed by atoms with Crippen LogP contribution < -0.4 is 5.56 Å². The molecule has 0 bridgehead atoms. The van der Waals surface area contributed by atoms with E-state index in [1.165, 1.54) is 4.68 Å². The summed E-state index contributed by atoms with van der Waals surface area (Å²) in [5, 5.41) is 5.61. The lowest BCUT2D eigenvalue weighted by Crippen LogP contribution is -2.41. The van der Waals surface area contributed by atoms with Crippen molar-refractivity contribution in [3.63, 3.8) is 0 Å². The van der Waals surface area contributed by atoms with Gasteiger partial charge in [0.15, 0.2) is 5.78 Å². The minimum absolute atomic E-state index is 0.0214. The molecule has 1 aliphatic rings. The molecule has 0 spiro atoms. The van der Waals surface area contributed by atoms with Crippen LogP contribution in [0, 0.1) is 5.92 Å². The van der Waals surface area contributed by atoms with Crippen LogP contribution in [0.2, 0.25) is 0 Å². The van der Waals surface area contributed by atoms with Gasteiger partial charge in [-0.2, -0.15) is 5.10 Å². The molecule has 2 aromatic carbocycles. The number of fused-ring (bicyclic) bond motifs is 1. The van der Waals surface area contributed by atoms with Crippen LogP contribution in [0.4, 0.5) is 0 Å². The zero-order chi connectivity index (χ0) is 20.4. The Bertz CT molecular complexity index is 1110. The van der Waals surface area contributed by atoms with Crippen molar-refractivity contribution in [1.29, 1.82) is 0 Å². The normalized spacial score (nSPS) is 14.9. The molecular formula is C23H23N3O3. The van der Waals surface area contributed by atoms with Gasteiger partial charge in [-0.3, -0.25) is 14.4 Å².